The zero-order valence-electron chi connectivity index (χ0n) is 13.0. The largest absolute Gasteiger partial charge is 0.340 e. The zero-order valence-corrected chi connectivity index (χ0v) is 13.0. The molecule has 0 aliphatic rings. The molecule has 23 heavy (non-hydrogen) atoms. The first-order valence-electron chi connectivity index (χ1n) is 7.79. The quantitative estimate of drug-likeness (QED) is 0.490. The van der Waals surface area contributed by atoms with Gasteiger partial charge in [-0.3, -0.25) is 4.79 Å². The highest BCUT2D eigenvalue weighted by atomic mass is 16.1. The second kappa shape index (κ2) is 5.40. The molecule has 112 valence electrons. The van der Waals surface area contributed by atoms with Crippen molar-refractivity contribution in [3.63, 3.8) is 0 Å². The van der Waals surface area contributed by atoms with Gasteiger partial charge >= 0.3 is 0 Å². The molecular formula is C21H17NO. The molecule has 0 N–H and O–H groups in total. The van der Waals surface area contributed by atoms with Crippen molar-refractivity contribution in [2.24, 2.45) is 0 Å². The van der Waals surface area contributed by atoms with E-state index in [0.29, 0.717) is 0 Å². The number of aromatic nitrogens is 1. The molecule has 1 heterocycles. The van der Waals surface area contributed by atoms with Crippen molar-refractivity contribution < 1.29 is 4.79 Å². The average Bonchev–Trinajstić information content (AvgIpc) is 2.87. The van der Waals surface area contributed by atoms with E-state index in [-0.39, 0.29) is 0 Å². The number of carbonyl (C=O) groups excluding carboxylic acids is 1. The number of hydrogen-bond donors (Lipinski definition) is 0. The van der Waals surface area contributed by atoms with Gasteiger partial charge in [0.25, 0.3) is 0 Å². The molecule has 0 unspecified atom stereocenters. The Morgan fingerprint density at radius 2 is 1.57 bits per heavy atom. The van der Waals surface area contributed by atoms with Gasteiger partial charge in [-0.25, -0.2) is 0 Å². The van der Waals surface area contributed by atoms with Gasteiger partial charge in [0.05, 0.1) is 0 Å². The van der Waals surface area contributed by atoms with Gasteiger partial charge < -0.3 is 4.57 Å². The minimum atomic E-state index is 0.765. The predicted molar refractivity (Wildman–Crippen MR) is 95.1 cm³/mol. The molecule has 0 amide bonds. The molecule has 2 nitrogen and oxygen atoms in total. The molecule has 0 atom stereocenters. The Hall–Kier alpha value is -2.87. The molecule has 1 aromatic heterocycles. The first-order chi connectivity index (χ1) is 11.3. The summed E-state index contributed by atoms with van der Waals surface area (Å²) in [6, 6.07) is 22.9. The first-order valence-corrected chi connectivity index (χ1v) is 7.79. The third-order valence-corrected chi connectivity index (χ3v) is 4.61. The first kappa shape index (κ1) is 13.8. The summed E-state index contributed by atoms with van der Waals surface area (Å²) in [5.74, 6) is 0. The van der Waals surface area contributed by atoms with Crippen molar-refractivity contribution in [3.8, 4) is 0 Å². The van der Waals surface area contributed by atoms with Gasteiger partial charge in [0.15, 0.2) is 6.29 Å². The van der Waals surface area contributed by atoms with Crippen molar-refractivity contribution in [1.29, 1.82) is 0 Å². The minimum Gasteiger partial charge on any atom is -0.340 e. The number of rotatable bonds is 3. The molecule has 0 fully saturated rings. The van der Waals surface area contributed by atoms with Crippen molar-refractivity contribution in [2.75, 3.05) is 0 Å². The Morgan fingerprint density at radius 3 is 2.39 bits per heavy atom. The van der Waals surface area contributed by atoms with Crippen molar-refractivity contribution >= 4 is 28.0 Å². The van der Waals surface area contributed by atoms with Crippen LogP contribution in [0.5, 0.6) is 0 Å². The van der Waals surface area contributed by atoms with Crippen LogP contribution < -0.4 is 0 Å². The molecule has 0 spiro atoms. The number of para-hydroxylation sites is 1. The summed E-state index contributed by atoms with van der Waals surface area (Å²) in [6.45, 7) is 2.79. The van der Waals surface area contributed by atoms with E-state index in [4.69, 9.17) is 0 Å². The molecule has 0 saturated carbocycles. The number of aldehydes is 1. The average molecular weight is 299 g/mol. The second-order valence-electron chi connectivity index (χ2n) is 5.86. The molecule has 4 aromatic rings. The molecule has 4 rings (SSSR count). The Labute approximate surface area is 135 Å². The monoisotopic (exact) mass is 299 g/mol. The van der Waals surface area contributed by atoms with Crippen LogP contribution in [0.2, 0.25) is 0 Å². The lowest BCUT2D eigenvalue weighted by molar-refractivity contribution is 0.112. The lowest BCUT2D eigenvalue weighted by Gasteiger charge is -2.11. The number of nitrogens with zero attached hydrogens (tertiary/aromatic N) is 1. The molecule has 2 heteroatoms. The van der Waals surface area contributed by atoms with Crippen LogP contribution in [-0.4, -0.2) is 10.9 Å². The fourth-order valence-electron chi connectivity index (χ4n) is 3.41. The fraction of sp³-hybridized carbons (Fsp3) is 0.0952. The smallest absolute Gasteiger partial charge is 0.152 e. The van der Waals surface area contributed by atoms with Crippen LogP contribution in [0.25, 0.3) is 21.7 Å². The Morgan fingerprint density at radius 1 is 0.870 bits per heavy atom. The number of hydrogen-bond acceptors (Lipinski definition) is 1. The lowest BCUT2D eigenvalue weighted by atomic mass is 10.0. The van der Waals surface area contributed by atoms with Gasteiger partial charge in [0.2, 0.25) is 0 Å². The standard InChI is InChI=1S/C21H17NO/c1-15-20(14-23)19-11-4-5-12-21(19)22(15)13-17-9-6-8-16-7-2-3-10-18(16)17/h2-12,14H,13H2,1H3. The SMILES string of the molecule is Cc1c(C=O)c2ccccc2n1Cc1cccc2ccccc12. The topological polar surface area (TPSA) is 22.0 Å². The number of fused-ring (bicyclic) bond motifs is 2. The summed E-state index contributed by atoms with van der Waals surface area (Å²) in [6.07, 6.45) is 0.970. The normalized spacial score (nSPS) is 11.2. The number of benzene rings is 3. The molecular weight excluding hydrogens is 282 g/mol. The molecule has 0 radical (unpaired) electrons. The van der Waals surface area contributed by atoms with Gasteiger partial charge in [-0.15, -0.1) is 0 Å². The van der Waals surface area contributed by atoms with Crippen LogP contribution in [0.15, 0.2) is 66.7 Å². The second-order valence-corrected chi connectivity index (χ2v) is 5.86. The highest BCUT2D eigenvalue weighted by Crippen LogP contribution is 2.27. The van der Waals surface area contributed by atoms with E-state index in [2.05, 4.69) is 53.1 Å². The molecule has 0 saturated heterocycles. The van der Waals surface area contributed by atoms with Crippen molar-refractivity contribution in [3.05, 3.63) is 83.6 Å². The summed E-state index contributed by atoms with van der Waals surface area (Å²) in [5.41, 5.74) is 4.19. The maximum Gasteiger partial charge on any atom is 0.152 e. The Balaban J connectivity index is 1.93. The highest BCUT2D eigenvalue weighted by molar-refractivity contribution is 5.99. The van der Waals surface area contributed by atoms with Gasteiger partial charge in [-0.2, -0.15) is 0 Å². The highest BCUT2D eigenvalue weighted by Gasteiger charge is 2.13. The van der Waals surface area contributed by atoms with Crippen LogP contribution >= 0.6 is 0 Å². The predicted octanol–water partition coefficient (Wildman–Crippen LogP) is 4.96. The summed E-state index contributed by atoms with van der Waals surface area (Å²) < 4.78 is 2.24. The van der Waals surface area contributed by atoms with Gasteiger partial charge in [-0.1, -0.05) is 60.7 Å². The third kappa shape index (κ3) is 2.15. The van der Waals surface area contributed by atoms with Crippen LogP contribution in [0.1, 0.15) is 21.6 Å². The van der Waals surface area contributed by atoms with Crippen LogP contribution in [0, 0.1) is 6.92 Å². The van der Waals surface area contributed by atoms with E-state index in [1.165, 1.54) is 16.3 Å². The Bertz CT molecular complexity index is 1020. The lowest BCUT2D eigenvalue weighted by Crippen LogP contribution is -2.02. The van der Waals surface area contributed by atoms with E-state index in [0.717, 1.165) is 35.0 Å². The van der Waals surface area contributed by atoms with E-state index < -0.39 is 0 Å². The minimum absolute atomic E-state index is 0.765. The van der Waals surface area contributed by atoms with Crippen LogP contribution in [-0.2, 0) is 6.54 Å². The Kier molecular flexibility index (Phi) is 3.23. The maximum atomic E-state index is 11.5. The molecule has 0 aliphatic heterocycles. The molecule has 0 bridgehead atoms. The van der Waals surface area contributed by atoms with E-state index in [1.807, 2.05) is 25.1 Å². The molecule has 0 aliphatic carbocycles. The van der Waals surface area contributed by atoms with Gasteiger partial charge in [0.1, 0.15) is 0 Å². The van der Waals surface area contributed by atoms with Gasteiger partial charge in [0, 0.05) is 28.7 Å². The summed E-state index contributed by atoms with van der Waals surface area (Å²) in [7, 11) is 0. The number of carbonyl (C=O) groups is 1. The summed E-state index contributed by atoms with van der Waals surface area (Å²) in [4.78, 5) is 11.5. The zero-order chi connectivity index (χ0) is 15.8. The van der Waals surface area contributed by atoms with E-state index >= 15 is 0 Å². The summed E-state index contributed by atoms with van der Waals surface area (Å²) >= 11 is 0. The molecule has 3 aromatic carbocycles. The van der Waals surface area contributed by atoms with Crippen LogP contribution in [0.3, 0.4) is 0 Å². The fourth-order valence-corrected chi connectivity index (χ4v) is 3.41. The van der Waals surface area contributed by atoms with Gasteiger partial charge in [-0.05, 0) is 29.3 Å². The third-order valence-electron chi connectivity index (χ3n) is 4.61. The summed E-state index contributed by atoms with van der Waals surface area (Å²) in [5, 5.41) is 3.54. The van der Waals surface area contributed by atoms with E-state index in [1.54, 1.807) is 0 Å². The van der Waals surface area contributed by atoms with Crippen LogP contribution in [0.4, 0.5) is 0 Å². The van der Waals surface area contributed by atoms with E-state index in [9.17, 15) is 4.79 Å². The maximum absolute atomic E-state index is 11.5. The van der Waals surface area contributed by atoms with Crippen molar-refractivity contribution in [2.45, 2.75) is 13.5 Å². The van der Waals surface area contributed by atoms with Crippen molar-refractivity contribution in [1.82, 2.24) is 4.57 Å².